The Hall–Kier alpha value is -1.58. The van der Waals surface area contributed by atoms with Crippen LogP contribution >= 0.6 is 0 Å². The number of halogens is 1. The van der Waals surface area contributed by atoms with Gasteiger partial charge in [0.1, 0.15) is 5.82 Å². The molecule has 1 aliphatic carbocycles. The fourth-order valence-corrected chi connectivity index (χ4v) is 3.06. The van der Waals surface area contributed by atoms with E-state index in [1.165, 1.54) is 0 Å². The summed E-state index contributed by atoms with van der Waals surface area (Å²) >= 11 is 0. The molecule has 1 saturated carbocycles. The molecule has 0 heterocycles. The highest BCUT2D eigenvalue weighted by molar-refractivity contribution is 7.89. The van der Waals surface area contributed by atoms with Gasteiger partial charge in [-0.3, -0.25) is 10.1 Å². The normalized spacial score (nSPS) is 16.9. The molecular weight excluding hydrogens is 289 g/mol. The zero-order valence-electron chi connectivity index (χ0n) is 10.5. The first-order valence-electron chi connectivity index (χ1n) is 6.00. The van der Waals surface area contributed by atoms with Crippen LogP contribution in [0.15, 0.2) is 23.1 Å². The summed E-state index contributed by atoms with van der Waals surface area (Å²) in [6.07, 6.45) is 1.92. The van der Waals surface area contributed by atoms with Gasteiger partial charge in [0.25, 0.3) is 5.69 Å². The largest absolute Gasteiger partial charge is 0.326 e. The molecule has 2 rings (SSSR count). The van der Waals surface area contributed by atoms with Crippen LogP contribution in [0.25, 0.3) is 0 Å². The lowest BCUT2D eigenvalue weighted by Crippen LogP contribution is -2.38. The zero-order chi connectivity index (χ0) is 14.9. The van der Waals surface area contributed by atoms with Crippen molar-refractivity contribution in [3.05, 3.63) is 34.1 Å². The van der Waals surface area contributed by atoms with Gasteiger partial charge in [0.15, 0.2) is 4.90 Å². The van der Waals surface area contributed by atoms with Gasteiger partial charge in [0.2, 0.25) is 10.0 Å². The first-order chi connectivity index (χ1) is 9.31. The molecule has 1 aromatic carbocycles. The quantitative estimate of drug-likeness (QED) is 0.594. The molecular formula is C11H14FN3O4S. The highest BCUT2D eigenvalue weighted by atomic mass is 32.2. The predicted octanol–water partition coefficient (Wildman–Crippen LogP) is 0.749. The fraction of sp³-hybridized carbons (Fsp3) is 0.455. The molecule has 7 nitrogen and oxygen atoms in total. The van der Waals surface area contributed by atoms with Crippen molar-refractivity contribution in [3.8, 4) is 0 Å². The molecule has 9 heteroatoms. The van der Waals surface area contributed by atoms with Gasteiger partial charge in [0.05, 0.1) is 11.0 Å². The maximum atomic E-state index is 13.0. The van der Waals surface area contributed by atoms with Gasteiger partial charge in [-0.15, -0.1) is 0 Å². The lowest BCUT2D eigenvalue weighted by Gasteiger charge is -2.12. The molecule has 0 aliphatic heterocycles. The molecule has 0 bridgehead atoms. The summed E-state index contributed by atoms with van der Waals surface area (Å²) in [7, 11) is -4.09. The summed E-state index contributed by atoms with van der Waals surface area (Å²) in [4.78, 5) is 9.30. The van der Waals surface area contributed by atoms with Gasteiger partial charge >= 0.3 is 0 Å². The van der Waals surface area contributed by atoms with Crippen molar-refractivity contribution in [2.75, 3.05) is 6.54 Å². The summed E-state index contributed by atoms with van der Waals surface area (Å²) in [6.45, 7) is 0.00152. The Bertz CT molecular complexity index is 631. The van der Waals surface area contributed by atoms with Crippen LogP contribution in [0.3, 0.4) is 0 Å². The number of nitrogens with one attached hydrogen (secondary N) is 1. The van der Waals surface area contributed by atoms with Gasteiger partial charge < -0.3 is 5.73 Å². The summed E-state index contributed by atoms with van der Waals surface area (Å²) in [5.74, 6) is -0.578. The average Bonchev–Trinajstić information content (AvgIpc) is 3.19. The smallest absolute Gasteiger partial charge is 0.292 e. The van der Waals surface area contributed by atoms with E-state index in [9.17, 15) is 22.9 Å². The van der Waals surface area contributed by atoms with Gasteiger partial charge in [0, 0.05) is 12.6 Å². The van der Waals surface area contributed by atoms with Crippen LogP contribution in [0.5, 0.6) is 0 Å². The minimum Gasteiger partial charge on any atom is -0.326 e. The number of hydrogen-bond acceptors (Lipinski definition) is 5. The van der Waals surface area contributed by atoms with Crippen molar-refractivity contribution in [2.24, 2.45) is 11.7 Å². The Morgan fingerprint density at radius 1 is 1.50 bits per heavy atom. The third kappa shape index (κ3) is 3.30. The average molecular weight is 303 g/mol. The molecule has 0 radical (unpaired) electrons. The molecule has 1 aromatic rings. The third-order valence-electron chi connectivity index (χ3n) is 3.14. The van der Waals surface area contributed by atoms with Crippen molar-refractivity contribution in [1.82, 2.24) is 4.72 Å². The van der Waals surface area contributed by atoms with E-state index < -0.39 is 31.3 Å². The van der Waals surface area contributed by atoms with Crippen LogP contribution in [0.1, 0.15) is 12.8 Å². The topological polar surface area (TPSA) is 115 Å². The summed E-state index contributed by atoms with van der Waals surface area (Å²) in [5, 5.41) is 10.8. The SMILES string of the molecule is NC(CNS(=O)(=O)c1ccc(F)cc1[N+](=O)[O-])C1CC1. The van der Waals surface area contributed by atoms with Crippen molar-refractivity contribution >= 4 is 15.7 Å². The molecule has 1 fully saturated rings. The standard InChI is InChI=1S/C11H14FN3O4S/c12-8-3-4-11(10(5-8)15(16)17)20(18,19)14-6-9(13)7-1-2-7/h3-5,7,9,14H,1-2,6,13H2. The molecule has 3 N–H and O–H groups in total. The Balaban J connectivity index is 2.22. The highest BCUT2D eigenvalue weighted by Gasteiger charge is 2.31. The van der Waals surface area contributed by atoms with E-state index in [-0.39, 0.29) is 12.6 Å². The van der Waals surface area contributed by atoms with Crippen molar-refractivity contribution in [3.63, 3.8) is 0 Å². The zero-order valence-corrected chi connectivity index (χ0v) is 11.3. The number of rotatable bonds is 6. The minimum absolute atomic E-state index is 0.00152. The van der Waals surface area contributed by atoms with Crippen LogP contribution < -0.4 is 10.5 Å². The second-order valence-electron chi connectivity index (χ2n) is 4.72. The predicted molar refractivity (Wildman–Crippen MR) is 68.9 cm³/mol. The van der Waals surface area contributed by atoms with E-state index in [4.69, 9.17) is 5.73 Å². The molecule has 1 unspecified atom stereocenters. The maximum absolute atomic E-state index is 13.0. The molecule has 1 aliphatic rings. The summed E-state index contributed by atoms with van der Waals surface area (Å²) < 4.78 is 39.3. The number of hydrogen-bond donors (Lipinski definition) is 2. The first kappa shape index (κ1) is 14.8. The van der Waals surface area contributed by atoms with E-state index in [1.54, 1.807) is 0 Å². The second kappa shape index (κ2) is 5.43. The van der Waals surface area contributed by atoms with Gasteiger partial charge in [-0.05, 0) is 30.9 Å². The van der Waals surface area contributed by atoms with E-state index in [0.717, 1.165) is 25.0 Å². The number of sulfonamides is 1. The molecule has 0 aromatic heterocycles. The molecule has 20 heavy (non-hydrogen) atoms. The van der Waals surface area contributed by atoms with Crippen molar-refractivity contribution in [1.29, 1.82) is 0 Å². The molecule has 1 atom stereocenters. The lowest BCUT2D eigenvalue weighted by molar-refractivity contribution is -0.388. The Morgan fingerprint density at radius 2 is 2.15 bits per heavy atom. The van der Waals surface area contributed by atoms with E-state index >= 15 is 0 Å². The van der Waals surface area contributed by atoms with Crippen LogP contribution in [0, 0.1) is 21.8 Å². The number of nitrogens with zero attached hydrogens (tertiary/aromatic N) is 1. The van der Waals surface area contributed by atoms with Gasteiger partial charge in [-0.2, -0.15) is 0 Å². The second-order valence-corrected chi connectivity index (χ2v) is 6.46. The van der Waals surface area contributed by atoms with Crippen LogP contribution in [0.4, 0.5) is 10.1 Å². The summed E-state index contributed by atoms with van der Waals surface area (Å²) in [6, 6.07) is 2.00. The monoisotopic (exact) mass is 303 g/mol. The lowest BCUT2D eigenvalue weighted by atomic mass is 10.2. The fourth-order valence-electron chi connectivity index (χ4n) is 1.84. The van der Waals surface area contributed by atoms with E-state index in [1.807, 2.05) is 0 Å². The van der Waals surface area contributed by atoms with Crippen LogP contribution in [-0.4, -0.2) is 25.9 Å². The Kier molecular flexibility index (Phi) is 4.02. The van der Waals surface area contributed by atoms with E-state index in [2.05, 4.69) is 4.72 Å². The summed E-state index contributed by atoms with van der Waals surface area (Å²) in [5.41, 5.74) is 4.97. The first-order valence-corrected chi connectivity index (χ1v) is 7.49. The van der Waals surface area contributed by atoms with Gasteiger partial charge in [-0.25, -0.2) is 17.5 Å². The van der Waals surface area contributed by atoms with Crippen LogP contribution in [-0.2, 0) is 10.0 Å². The number of benzene rings is 1. The molecule has 0 spiro atoms. The number of nitro groups is 1. The Labute approximate surface area is 115 Å². The van der Waals surface area contributed by atoms with Crippen LogP contribution in [0.2, 0.25) is 0 Å². The van der Waals surface area contributed by atoms with Crippen molar-refractivity contribution < 1.29 is 17.7 Å². The number of nitro benzene ring substituents is 1. The molecule has 0 amide bonds. The number of nitrogens with two attached hydrogens (primary N) is 1. The van der Waals surface area contributed by atoms with E-state index in [0.29, 0.717) is 12.0 Å². The minimum atomic E-state index is -4.09. The maximum Gasteiger partial charge on any atom is 0.292 e. The van der Waals surface area contributed by atoms with Gasteiger partial charge in [-0.1, -0.05) is 0 Å². The van der Waals surface area contributed by atoms with Crippen molar-refractivity contribution in [2.45, 2.75) is 23.8 Å². The Morgan fingerprint density at radius 3 is 2.70 bits per heavy atom. The third-order valence-corrected chi connectivity index (χ3v) is 4.61. The molecule has 0 saturated heterocycles. The molecule has 110 valence electrons. The highest BCUT2D eigenvalue weighted by Crippen LogP contribution is 2.31.